The van der Waals surface area contributed by atoms with Gasteiger partial charge in [0.25, 0.3) is 11.8 Å². The molecule has 3 rings (SSSR count). The van der Waals surface area contributed by atoms with Crippen LogP contribution in [0.15, 0.2) is 25.9 Å². The first-order valence-electron chi connectivity index (χ1n) is 6.96. The van der Waals surface area contributed by atoms with Crippen molar-refractivity contribution in [3.8, 4) is 0 Å². The van der Waals surface area contributed by atoms with Crippen LogP contribution >= 0.6 is 0 Å². The van der Waals surface area contributed by atoms with E-state index in [1.165, 1.54) is 6.07 Å². The van der Waals surface area contributed by atoms with Crippen molar-refractivity contribution in [1.29, 1.82) is 0 Å². The number of carbonyl (C=O) groups is 1. The van der Waals surface area contributed by atoms with E-state index in [9.17, 15) is 9.59 Å². The molecule has 1 aliphatic rings. The Balaban J connectivity index is 1.62. The van der Waals surface area contributed by atoms with Crippen molar-refractivity contribution in [2.45, 2.75) is 32.4 Å². The zero-order valence-corrected chi connectivity index (χ0v) is 12.0. The van der Waals surface area contributed by atoms with Gasteiger partial charge in [-0.2, -0.15) is 4.98 Å². The molecule has 0 saturated carbocycles. The molecule has 3 heterocycles. The first kappa shape index (κ1) is 14.5. The summed E-state index contributed by atoms with van der Waals surface area (Å²) in [5.74, 6) is 0.577. The van der Waals surface area contributed by atoms with E-state index in [-0.39, 0.29) is 23.8 Å². The number of ether oxygens (including phenoxy) is 1. The summed E-state index contributed by atoms with van der Waals surface area (Å²) >= 11 is 0. The van der Waals surface area contributed by atoms with E-state index in [4.69, 9.17) is 13.7 Å². The molecule has 0 spiro atoms. The van der Waals surface area contributed by atoms with Gasteiger partial charge in [0.2, 0.25) is 0 Å². The van der Waals surface area contributed by atoms with Crippen molar-refractivity contribution < 1.29 is 18.5 Å². The van der Waals surface area contributed by atoms with E-state index in [2.05, 4.69) is 15.5 Å². The summed E-state index contributed by atoms with van der Waals surface area (Å²) in [7, 11) is 0. The minimum Gasteiger partial charge on any atom is -0.456 e. The lowest BCUT2D eigenvalue weighted by molar-refractivity contribution is 0.0835. The van der Waals surface area contributed by atoms with Crippen molar-refractivity contribution in [2.75, 3.05) is 6.61 Å². The van der Waals surface area contributed by atoms with Gasteiger partial charge in [0.1, 0.15) is 11.9 Å². The molecule has 0 radical (unpaired) electrons. The Labute approximate surface area is 125 Å². The van der Waals surface area contributed by atoms with Crippen LogP contribution in [0.1, 0.15) is 47.0 Å². The van der Waals surface area contributed by atoms with Crippen LogP contribution < -0.4 is 10.7 Å². The van der Waals surface area contributed by atoms with Crippen molar-refractivity contribution in [3.63, 3.8) is 0 Å². The Bertz CT molecular complexity index is 730. The van der Waals surface area contributed by atoms with Gasteiger partial charge in [-0.3, -0.25) is 9.59 Å². The Hall–Kier alpha value is -2.48. The second-order valence-corrected chi connectivity index (χ2v) is 5.00. The van der Waals surface area contributed by atoms with Crippen molar-refractivity contribution >= 4 is 5.91 Å². The molecule has 22 heavy (non-hydrogen) atoms. The molecule has 1 aliphatic heterocycles. The van der Waals surface area contributed by atoms with Crippen molar-refractivity contribution in [2.24, 2.45) is 0 Å². The van der Waals surface area contributed by atoms with Crippen molar-refractivity contribution in [3.05, 3.63) is 45.6 Å². The van der Waals surface area contributed by atoms with E-state index in [0.717, 1.165) is 18.9 Å². The molecular weight excluding hydrogens is 290 g/mol. The van der Waals surface area contributed by atoms with E-state index >= 15 is 0 Å². The smallest absolute Gasteiger partial charge is 0.287 e. The first-order valence-corrected chi connectivity index (χ1v) is 6.96. The number of carbonyl (C=O) groups excluding carboxylic acids is 1. The standard InChI is InChI=1S/C14H15N3O5/c1-8-5-9(18)6-11(21-8)13(19)15-7-12-16-14(22-17-12)10-3-2-4-20-10/h5-6,10H,2-4,7H2,1H3,(H,15,19)/t10-/m1/s1. The van der Waals surface area contributed by atoms with Gasteiger partial charge in [0, 0.05) is 18.7 Å². The molecule has 0 aliphatic carbocycles. The lowest BCUT2D eigenvalue weighted by Gasteiger charge is -2.02. The van der Waals surface area contributed by atoms with E-state index < -0.39 is 5.91 Å². The van der Waals surface area contributed by atoms with Gasteiger partial charge in [0.05, 0.1) is 6.54 Å². The predicted octanol–water partition coefficient (Wildman–Crippen LogP) is 1.11. The highest BCUT2D eigenvalue weighted by atomic mass is 16.5. The van der Waals surface area contributed by atoms with Gasteiger partial charge in [0.15, 0.2) is 17.0 Å². The van der Waals surface area contributed by atoms with E-state index in [1.54, 1.807) is 6.92 Å². The topological polar surface area (TPSA) is 107 Å². The van der Waals surface area contributed by atoms with Gasteiger partial charge in [-0.15, -0.1) is 0 Å². The number of aromatic nitrogens is 2. The molecule has 2 aromatic heterocycles. The van der Waals surface area contributed by atoms with Crippen LogP contribution in [0.5, 0.6) is 0 Å². The van der Waals surface area contributed by atoms with Gasteiger partial charge in [-0.25, -0.2) is 0 Å². The van der Waals surface area contributed by atoms with Gasteiger partial charge in [-0.05, 0) is 19.8 Å². The van der Waals surface area contributed by atoms with Crippen LogP contribution in [-0.4, -0.2) is 22.7 Å². The summed E-state index contributed by atoms with van der Waals surface area (Å²) in [5, 5.41) is 6.36. The van der Waals surface area contributed by atoms with Crippen LogP contribution in [0.3, 0.4) is 0 Å². The zero-order valence-electron chi connectivity index (χ0n) is 12.0. The SMILES string of the molecule is Cc1cc(=O)cc(C(=O)NCc2noc([C@H]3CCCO3)n2)o1. The fraction of sp³-hybridized carbons (Fsp3) is 0.429. The second-order valence-electron chi connectivity index (χ2n) is 5.00. The molecule has 0 bridgehead atoms. The first-order chi connectivity index (χ1) is 10.6. The summed E-state index contributed by atoms with van der Waals surface area (Å²) in [6.45, 7) is 2.36. The van der Waals surface area contributed by atoms with Crippen LogP contribution in [0.2, 0.25) is 0 Å². The fourth-order valence-electron chi connectivity index (χ4n) is 2.20. The van der Waals surface area contributed by atoms with Gasteiger partial charge >= 0.3 is 0 Å². The molecule has 1 saturated heterocycles. The number of rotatable bonds is 4. The third-order valence-corrected chi connectivity index (χ3v) is 3.21. The molecule has 0 aromatic carbocycles. The zero-order chi connectivity index (χ0) is 15.5. The van der Waals surface area contributed by atoms with E-state index in [1.807, 2.05) is 0 Å². The molecule has 1 amide bonds. The highest BCUT2D eigenvalue weighted by Gasteiger charge is 2.24. The number of amides is 1. The minimum atomic E-state index is -0.510. The van der Waals surface area contributed by atoms with Gasteiger partial charge < -0.3 is 19.0 Å². The molecule has 8 heteroatoms. The van der Waals surface area contributed by atoms with Crippen LogP contribution in [-0.2, 0) is 11.3 Å². The van der Waals surface area contributed by atoms with Gasteiger partial charge in [-0.1, -0.05) is 5.16 Å². The lowest BCUT2D eigenvalue weighted by Crippen LogP contribution is -2.24. The van der Waals surface area contributed by atoms with Crippen LogP contribution in [0.25, 0.3) is 0 Å². The largest absolute Gasteiger partial charge is 0.456 e. The Kier molecular flexibility index (Phi) is 4.01. The highest BCUT2D eigenvalue weighted by molar-refractivity contribution is 5.91. The Morgan fingerprint density at radius 2 is 2.32 bits per heavy atom. The average Bonchev–Trinajstić information content (AvgIpc) is 3.14. The van der Waals surface area contributed by atoms with Crippen molar-refractivity contribution in [1.82, 2.24) is 15.5 Å². The molecule has 8 nitrogen and oxygen atoms in total. The Morgan fingerprint density at radius 1 is 1.45 bits per heavy atom. The lowest BCUT2D eigenvalue weighted by atomic mass is 10.2. The summed E-state index contributed by atoms with van der Waals surface area (Å²) in [6.07, 6.45) is 1.65. The number of nitrogens with zero attached hydrogens (tertiary/aromatic N) is 2. The predicted molar refractivity (Wildman–Crippen MR) is 73.1 cm³/mol. The second kappa shape index (κ2) is 6.10. The van der Waals surface area contributed by atoms with Crippen LogP contribution in [0.4, 0.5) is 0 Å². The highest BCUT2D eigenvalue weighted by Crippen LogP contribution is 2.26. The number of hydrogen-bond acceptors (Lipinski definition) is 7. The number of aryl methyl sites for hydroxylation is 1. The number of hydrogen-bond donors (Lipinski definition) is 1. The third-order valence-electron chi connectivity index (χ3n) is 3.21. The summed E-state index contributed by atoms with van der Waals surface area (Å²) < 4.78 is 15.8. The molecular formula is C14H15N3O5. The average molecular weight is 305 g/mol. The number of nitrogens with one attached hydrogen (secondary N) is 1. The molecule has 1 N–H and O–H groups in total. The quantitative estimate of drug-likeness (QED) is 0.901. The van der Waals surface area contributed by atoms with E-state index in [0.29, 0.717) is 24.1 Å². The molecule has 1 atom stereocenters. The normalized spacial score (nSPS) is 17.6. The maximum atomic E-state index is 11.9. The monoisotopic (exact) mass is 305 g/mol. The molecule has 0 unspecified atom stereocenters. The Morgan fingerprint density at radius 3 is 3.05 bits per heavy atom. The maximum absolute atomic E-state index is 11.9. The minimum absolute atomic E-state index is 0.0483. The molecule has 1 fully saturated rings. The third kappa shape index (κ3) is 3.22. The van der Waals surface area contributed by atoms with Crippen LogP contribution in [0, 0.1) is 6.92 Å². The molecule has 2 aromatic rings. The molecule has 116 valence electrons. The maximum Gasteiger partial charge on any atom is 0.287 e. The summed E-state index contributed by atoms with van der Waals surface area (Å²) in [4.78, 5) is 27.5. The fourth-order valence-corrected chi connectivity index (χ4v) is 2.20. The summed E-state index contributed by atoms with van der Waals surface area (Å²) in [5.41, 5.74) is -0.283. The summed E-state index contributed by atoms with van der Waals surface area (Å²) in [6, 6.07) is 2.44.